The lowest BCUT2D eigenvalue weighted by Gasteiger charge is -1.96. The zero-order chi connectivity index (χ0) is 12.5. The topological polar surface area (TPSA) is 58.5 Å². The first-order chi connectivity index (χ1) is 8.74. The molecule has 0 saturated heterocycles. The van der Waals surface area contributed by atoms with Gasteiger partial charge in [0.05, 0.1) is 22.9 Å². The minimum Gasteiger partial charge on any atom is -0.324 e. The van der Waals surface area contributed by atoms with Crippen molar-refractivity contribution in [3.05, 3.63) is 36.4 Å². The van der Waals surface area contributed by atoms with Crippen molar-refractivity contribution in [2.75, 3.05) is 5.32 Å². The Hall–Kier alpha value is -2.37. The summed E-state index contributed by atoms with van der Waals surface area (Å²) in [5.41, 5.74) is 2.23. The second-order valence-corrected chi connectivity index (χ2v) is 3.96. The SMILES string of the molecule is CCn1cc(Nc2nc3ccc(F)cc3[nH]2)cn1. The Morgan fingerprint density at radius 2 is 2.33 bits per heavy atom. The molecular formula is C12H12FN5. The molecule has 18 heavy (non-hydrogen) atoms. The van der Waals surface area contributed by atoms with E-state index in [-0.39, 0.29) is 5.82 Å². The molecule has 1 aromatic carbocycles. The number of aryl methyl sites for hydroxylation is 1. The Labute approximate surface area is 103 Å². The van der Waals surface area contributed by atoms with Gasteiger partial charge in [-0.2, -0.15) is 5.10 Å². The zero-order valence-corrected chi connectivity index (χ0v) is 9.81. The summed E-state index contributed by atoms with van der Waals surface area (Å²) in [6, 6.07) is 4.45. The van der Waals surface area contributed by atoms with Crippen LogP contribution < -0.4 is 5.32 Å². The van der Waals surface area contributed by atoms with Crippen LogP contribution in [-0.4, -0.2) is 19.7 Å². The number of hydrogen-bond acceptors (Lipinski definition) is 3. The van der Waals surface area contributed by atoms with Crippen LogP contribution in [0.25, 0.3) is 11.0 Å². The van der Waals surface area contributed by atoms with Crippen molar-refractivity contribution in [1.29, 1.82) is 0 Å². The molecule has 2 heterocycles. The van der Waals surface area contributed by atoms with E-state index >= 15 is 0 Å². The molecule has 2 aromatic heterocycles. The maximum atomic E-state index is 13.0. The average Bonchev–Trinajstić information content (AvgIpc) is 2.95. The molecule has 0 amide bonds. The number of nitrogens with one attached hydrogen (secondary N) is 2. The van der Waals surface area contributed by atoms with Crippen molar-refractivity contribution in [3.63, 3.8) is 0 Å². The van der Waals surface area contributed by atoms with E-state index in [4.69, 9.17) is 0 Å². The van der Waals surface area contributed by atoms with Gasteiger partial charge in [-0.25, -0.2) is 9.37 Å². The van der Waals surface area contributed by atoms with Gasteiger partial charge in [0.2, 0.25) is 5.95 Å². The number of imidazole rings is 1. The molecule has 0 aliphatic heterocycles. The van der Waals surface area contributed by atoms with Crippen molar-refractivity contribution >= 4 is 22.7 Å². The smallest absolute Gasteiger partial charge is 0.205 e. The first-order valence-electron chi connectivity index (χ1n) is 5.69. The Balaban J connectivity index is 1.90. The maximum absolute atomic E-state index is 13.0. The summed E-state index contributed by atoms with van der Waals surface area (Å²) in [7, 11) is 0. The molecule has 6 heteroatoms. The highest BCUT2D eigenvalue weighted by Crippen LogP contribution is 2.18. The van der Waals surface area contributed by atoms with Crippen LogP contribution in [0.2, 0.25) is 0 Å². The molecule has 0 saturated carbocycles. The standard InChI is InChI=1S/C12H12FN5/c1-2-18-7-9(6-14-18)15-12-16-10-4-3-8(13)5-11(10)17-12/h3-7H,2H2,1H3,(H2,15,16,17). The van der Waals surface area contributed by atoms with Gasteiger partial charge < -0.3 is 10.3 Å². The molecule has 0 aliphatic carbocycles. The summed E-state index contributed by atoms with van der Waals surface area (Å²) < 4.78 is 14.9. The number of nitrogens with zero attached hydrogens (tertiary/aromatic N) is 3. The number of hydrogen-bond donors (Lipinski definition) is 2. The third-order valence-corrected chi connectivity index (χ3v) is 2.66. The summed E-state index contributed by atoms with van der Waals surface area (Å²) in [5, 5.41) is 7.25. The van der Waals surface area contributed by atoms with Gasteiger partial charge in [0.15, 0.2) is 0 Å². The molecule has 0 radical (unpaired) electrons. The molecule has 0 spiro atoms. The lowest BCUT2D eigenvalue weighted by atomic mass is 10.3. The number of halogens is 1. The highest BCUT2D eigenvalue weighted by Gasteiger charge is 2.05. The Morgan fingerprint density at radius 1 is 1.44 bits per heavy atom. The lowest BCUT2D eigenvalue weighted by molar-refractivity contribution is 0.629. The molecular weight excluding hydrogens is 233 g/mol. The largest absolute Gasteiger partial charge is 0.324 e. The van der Waals surface area contributed by atoms with Crippen LogP contribution in [0, 0.1) is 5.82 Å². The molecule has 0 unspecified atom stereocenters. The van der Waals surface area contributed by atoms with Crippen LogP contribution in [0.1, 0.15) is 6.92 Å². The van der Waals surface area contributed by atoms with Gasteiger partial charge in [-0.1, -0.05) is 0 Å². The summed E-state index contributed by atoms with van der Waals surface area (Å²) in [4.78, 5) is 7.33. The first kappa shape index (κ1) is 10.8. The second kappa shape index (κ2) is 4.14. The molecule has 0 bridgehead atoms. The molecule has 0 atom stereocenters. The van der Waals surface area contributed by atoms with E-state index < -0.39 is 0 Å². The molecule has 3 aromatic rings. The van der Waals surface area contributed by atoms with E-state index in [1.165, 1.54) is 12.1 Å². The van der Waals surface area contributed by atoms with Crippen molar-refractivity contribution in [2.45, 2.75) is 13.5 Å². The number of rotatable bonds is 3. The summed E-state index contributed by atoms with van der Waals surface area (Å²) in [5.74, 6) is 0.294. The van der Waals surface area contributed by atoms with E-state index in [9.17, 15) is 4.39 Å². The van der Waals surface area contributed by atoms with Crippen LogP contribution in [0.3, 0.4) is 0 Å². The number of H-pyrrole nitrogens is 1. The Bertz CT molecular complexity index is 685. The molecule has 0 aliphatic rings. The fourth-order valence-corrected chi connectivity index (χ4v) is 1.78. The molecule has 5 nitrogen and oxygen atoms in total. The first-order valence-corrected chi connectivity index (χ1v) is 5.69. The third kappa shape index (κ3) is 1.92. The predicted octanol–water partition coefficient (Wildman–Crippen LogP) is 2.66. The van der Waals surface area contributed by atoms with Crippen molar-refractivity contribution in [1.82, 2.24) is 19.7 Å². The predicted molar refractivity (Wildman–Crippen MR) is 67.2 cm³/mol. The second-order valence-electron chi connectivity index (χ2n) is 3.96. The minimum absolute atomic E-state index is 0.281. The number of aromatic amines is 1. The van der Waals surface area contributed by atoms with E-state index in [0.29, 0.717) is 11.5 Å². The zero-order valence-electron chi connectivity index (χ0n) is 9.81. The number of benzene rings is 1. The highest BCUT2D eigenvalue weighted by atomic mass is 19.1. The van der Waals surface area contributed by atoms with Crippen LogP contribution in [0.15, 0.2) is 30.6 Å². The molecule has 92 valence electrons. The van der Waals surface area contributed by atoms with Crippen LogP contribution in [-0.2, 0) is 6.54 Å². The molecule has 2 N–H and O–H groups in total. The van der Waals surface area contributed by atoms with Crippen LogP contribution in [0.4, 0.5) is 16.0 Å². The Kier molecular flexibility index (Phi) is 2.47. The third-order valence-electron chi connectivity index (χ3n) is 2.66. The number of fused-ring (bicyclic) bond motifs is 1. The van der Waals surface area contributed by atoms with Gasteiger partial charge in [0, 0.05) is 12.7 Å². The Morgan fingerprint density at radius 3 is 3.11 bits per heavy atom. The quantitative estimate of drug-likeness (QED) is 0.745. The normalized spacial score (nSPS) is 11.0. The van der Waals surface area contributed by atoms with Gasteiger partial charge in [0.1, 0.15) is 5.82 Å². The molecule has 3 rings (SSSR count). The number of aromatic nitrogens is 4. The summed E-state index contributed by atoms with van der Waals surface area (Å²) in [6.07, 6.45) is 3.60. The van der Waals surface area contributed by atoms with Crippen molar-refractivity contribution in [2.24, 2.45) is 0 Å². The maximum Gasteiger partial charge on any atom is 0.205 e. The summed E-state index contributed by atoms with van der Waals surface area (Å²) in [6.45, 7) is 2.83. The van der Waals surface area contributed by atoms with Gasteiger partial charge in [-0.15, -0.1) is 0 Å². The fourth-order valence-electron chi connectivity index (χ4n) is 1.78. The van der Waals surface area contributed by atoms with Crippen LogP contribution in [0.5, 0.6) is 0 Å². The van der Waals surface area contributed by atoms with Crippen molar-refractivity contribution in [3.8, 4) is 0 Å². The monoisotopic (exact) mass is 245 g/mol. The van der Waals surface area contributed by atoms with Crippen molar-refractivity contribution < 1.29 is 4.39 Å². The van der Waals surface area contributed by atoms with Gasteiger partial charge in [-0.05, 0) is 25.1 Å². The van der Waals surface area contributed by atoms with Gasteiger partial charge in [-0.3, -0.25) is 4.68 Å². The van der Waals surface area contributed by atoms with Gasteiger partial charge >= 0.3 is 0 Å². The minimum atomic E-state index is -0.281. The molecule has 0 fully saturated rings. The van der Waals surface area contributed by atoms with Crippen LogP contribution >= 0.6 is 0 Å². The van der Waals surface area contributed by atoms with E-state index in [1.54, 1.807) is 12.3 Å². The van der Waals surface area contributed by atoms with Gasteiger partial charge in [0.25, 0.3) is 0 Å². The van der Waals surface area contributed by atoms with E-state index in [0.717, 1.165) is 17.7 Å². The lowest BCUT2D eigenvalue weighted by Crippen LogP contribution is -1.93. The summed E-state index contributed by atoms with van der Waals surface area (Å²) >= 11 is 0. The van der Waals surface area contributed by atoms with E-state index in [1.807, 2.05) is 17.8 Å². The average molecular weight is 245 g/mol. The fraction of sp³-hybridized carbons (Fsp3) is 0.167. The number of anilines is 2. The van der Waals surface area contributed by atoms with E-state index in [2.05, 4.69) is 20.4 Å². The highest BCUT2D eigenvalue weighted by molar-refractivity contribution is 5.78.